The summed E-state index contributed by atoms with van der Waals surface area (Å²) in [6, 6.07) is 0. The van der Waals surface area contributed by atoms with Gasteiger partial charge in [-0.25, -0.2) is 0 Å². The van der Waals surface area contributed by atoms with Crippen LogP contribution >= 0.6 is 0 Å². The van der Waals surface area contributed by atoms with Gasteiger partial charge in [-0.15, -0.1) is 0 Å². The van der Waals surface area contributed by atoms with Gasteiger partial charge >= 0.3 is 0 Å². The van der Waals surface area contributed by atoms with Crippen molar-refractivity contribution >= 4 is 5.78 Å². The van der Waals surface area contributed by atoms with E-state index in [1.807, 2.05) is 0 Å². The van der Waals surface area contributed by atoms with E-state index in [4.69, 9.17) is 0 Å². The molecule has 2 heteroatoms. The van der Waals surface area contributed by atoms with E-state index in [0.717, 1.165) is 12.8 Å². The molecule has 2 nitrogen and oxygen atoms in total. The van der Waals surface area contributed by atoms with Crippen molar-refractivity contribution in [2.75, 3.05) is 0 Å². The third-order valence-corrected chi connectivity index (χ3v) is 4.48. The number of carbonyl (C=O) groups is 1. The van der Waals surface area contributed by atoms with Crippen LogP contribution in [0.15, 0.2) is 12.2 Å². The molecule has 1 aliphatic rings. The van der Waals surface area contributed by atoms with Crippen molar-refractivity contribution in [1.82, 2.24) is 0 Å². The number of aliphatic hydroxyl groups is 1. The van der Waals surface area contributed by atoms with Gasteiger partial charge in [-0.05, 0) is 25.5 Å². The lowest BCUT2D eigenvalue weighted by Crippen LogP contribution is -2.32. The van der Waals surface area contributed by atoms with Gasteiger partial charge in [0.05, 0.1) is 11.5 Å². The molecular formula is C18H32O2. The summed E-state index contributed by atoms with van der Waals surface area (Å²) in [7, 11) is 0. The predicted molar refractivity (Wildman–Crippen MR) is 84.7 cm³/mol. The van der Waals surface area contributed by atoms with E-state index in [9.17, 15) is 9.90 Å². The Morgan fingerprint density at radius 2 is 1.50 bits per heavy atom. The molecule has 116 valence electrons. The van der Waals surface area contributed by atoms with E-state index in [-0.39, 0.29) is 11.7 Å². The van der Waals surface area contributed by atoms with E-state index >= 15 is 0 Å². The van der Waals surface area contributed by atoms with Gasteiger partial charge in [0, 0.05) is 0 Å². The van der Waals surface area contributed by atoms with Crippen molar-refractivity contribution in [3.63, 3.8) is 0 Å². The third-order valence-electron chi connectivity index (χ3n) is 4.48. The van der Waals surface area contributed by atoms with Crippen molar-refractivity contribution in [2.24, 2.45) is 5.92 Å². The summed E-state index contributed by atoms with van der Waals surface area (Å²) < 4.78 is 0. The smallest absolute Gasteiger partial charge is 0.161 e. The van der Waals surface area contributed by atoms with Gasteiger partial charge in [-0.2, -0.15) is 0 Å². The summed E-state index contributed by atoms with van der Waals surface area (Å²) in [5, 5.41) is 10.1. The number of unbranched alkanes of at least 4 members (excludes halogenated alkanes) is 9. The first-order valence-electron chi connectivity index (χ1n) is 8.53. The molecular weight excluding hydrogens is 248 g/mol. The molecule has 2 unspecified atom stereocenters. The Labute approximate surface area is 124 Å². The zero-order chi connectivity index (χ0) is 14.8. The minimum absolute atomic E-state index is 0.103. The number of hydrogen-bond donors (Lipinski definition) is 1. The Morgan fingerprint density at radius 1 is 1.00 bits per heavy atom. The monoisotopic (exact) mass is 280 g/mol. The number of ketones is 1. The fourth-order valence-corrected chi connectivity index (χ4v) is 3.04. The van der Waals surface area contributed by atoms with Crippen molar-refractivity contribution in [3.05, 3.63) is 12.2 Å². The van der Waals surface area contributed by atoms with E-state index in [0.29, 0.717) is 0 Å². The molecule has 1 rings (SSSR count). The van der Waals surface area contributed by atoms with Crippen molar-refractivity contribution in [1.29, 1.82) is 0 Å². The van der Waals surface area contributed by atoms with Gasteiger partial charge in [0.2, 0.25) is 0 Å². The SMILES string of the molecule is CCCCCCCCCCCCC1C(=O)C=CC1(C)O. The molecule has 0 fully saturated rings. The second-order valence-electron chi connectivity index (χ2n) is 6.48. The Morgan fingerprint density at radius 3 is 1.95 bits per heavy atom. The van der Waals surface area contributed by atoms with Gasteiger partial charge in [0.1, 0.15) is 0 Å². The third kappa shape index (κ3) is 6.21. The summed E-state index contributed by atoms with van der Waals surface area (Å²) in [5.41, 5.74) is -0.906. The summed E-state index contributed by atoms with van der Waals surface area (Å²) >= 11 is 0. The molecule has 0 saturated heterocycles. The van der Waals surface area contributed by atoms with Crippen LogP contribution in [0.3, 0.4) is 0 Å². The molecule has 2 atom stereocenters. The highest BCUT2D eigenvalue weighted by molar-refractivity contribution is 5.95. The first-order chi connectivity index (χ1) is 9.58. The van der Waals surface area contributed by atoms with Crippen LogP contribution in [0.4, 0.5) is 0 Å². The van der Waals surface area contributed by atoms with Crippen molar-refractivity contribution in [2.45, 2.75) is 90.1 Å². The standard InChI is InChI=1S/C18H32O2/c1-3-4-5-6-7-8-9-10-11-12-13-16-17(19)14-15-18(16,2)20/h14-16,20H,3-13H2,1-2H3. The average molecular weight is 280 g/mol. The fraction of sp³-hybridized carbons (Fsp3) is 0.833. The van der Waals surface area contributed by atoms with Crippen LogP contribution in [0.1, 0.15) is 84.5 Å². The van der Waals surface area contributed by atoms with Gasteiger partial charge in [-0.3, -0.25) is 4.79 Å². The molecule has 0 aromatic carbocycles. The maximum Gasteiger partial charge on any atom is 0.161 e. The largest absolute Gasteiger partial charge is 0.385 e. The lowest BCUT2D eigenvalue weighted by Gasteiger charge is -2.23. The molecule has 0 amide bonds. The molecule has 0 saturated carbocycles. The molecule has 1 aliphatic carbocycles. The molecule has 0 aromatic heterocycles. The predicted octanol–water partition coefficient (Wildman–Crippen LogP) is 4.80. The molecule has 0 aromatic rings. The summed E-state index contributed by atoms with van der Waals surface area (Å²) in [4.78, 5) is 11.6. The van der Waals surface area contributed by atoms with Crippen LogP contribution in [0.5, 0.6) is 0 Å². The molecule has 0 spiro atoms. The van der Waals surface area contributed by atoms with Gasteiger partial charge in [-0.1, -0.05) is 71.1 Å². The van der Waals surface area contributed by atoms with Crippen LogP contribution in [0.2, 0.25) is 0 Å². The van der Waals surface area contributed by atoms with Crippen LogP contribution in [0, 0.1) is 5.92 Å². The Kier molecular flexibility index (Phi) is 8.13. The second kappa shape index (κ2) is 9.33. The normalized spacial score (nSPS) is 25.6. The molecule has 1 N–H and O–H groups in total. The molecule has 20 heavy (non-hydrogen) atoms. The van der Waals surface area contributed by atoms with Crippen LogP contribution < -0.4 is 0 Å². The molecule has 0 aliphatic heterocycles. The first-order valence-corrected chi connectivity index (χ1v) is 8.53. The summed E-state index contributed by atoms with van der Waals surface area (Å²) in [6.45, 7) is 4.00. The highest BCUT2D eigenvalue weighted by atomic mass is 16.3. The average Bonchev–Trinajstić information content (AvgIpc) is 2.67. The first kappa shape index (κ1) is 17.4. The number of allylic oxidation sites excluding steroid dienone is 1. The molecule has 0 heterocycles. The Balaban J connectivity index is 1.94. The van der Waals surface area contributed by atoms with Crippen LogP contribution in [-0.2, 0) is 4.79 Å². The highest BCUT2D eigenvalue weighted by Gasteiger charge is 2.37. The van der Waals surface area contributed by atoms with E-state index in [1.165, 1.54) is 57.8 Å². The number of carbonyl (C=O) groups excluding carboxylic acids is 1. The maximum atomic E-state index is 11.6. The zero-order valence-electron chi connectivity index (χ0n) is 13.4. The maximum absolute atomic E-state index is 11.6. The van der Waals surface area contributed by atoms with Gasteiger partial charge in [0.25, 0.3) is 0 Å². The van der Waals surface area contributed by atoms with E-state index in [2.05, 4.69) is 6.92 Å². The van der Waals surface area contributed by atoms with E-state index < -0.39 is 5.60 Å². The van der Waals surface area contributed by atoms with Crippen molar-refractivity contribution in [3.8, 4) is 0 Å². The quantitative estimate of drug-likeness (QED) is 0.552. The van der Waals surface area contributed by atoms with Crippen molar-refractivity contribution < 1.29 is 9.90 Å². The second-order valence-corrected chi connectivity index (χ2v) is 6.48. The number of rotatable bonds is 11. The minimum atomic E-state index is -0.906. The lowest BCUT2D eigenvalue weighted by molar-refractivity contribution is -0.122. The Hall–Kier alpha value is -0.630. The van der Waals surface area contributed by atoms with Gasteiger partial charge in [0.15, 0.2) is 5.78 Å². The fourth-order valence-electron chi connectivity index (χ4n) is 3.04. The molecule has 0 radical (unpaired) electrons. The van der Waals surface area contributed by atoms with Crippen LogP contribution in [-0.4, -0.2) is 16.5 Å². The highest BCUT2D eigenvalue weighted by Crippen LogP contribution is 2.30. The minimum Gasteiger partial charge on any atom is -0.385 e. The lowest BCUT2D eigenvalue weighted by atomic mass is 9.87. The summed E-state index contributed by atoms with van der Waals surface area (Å²) in [5.74, 6) is -0.0949. The van der Waals surface area contributed by atoms with Gasteiger partial charge < -0.3 is 5.11 Å². The number of hydrogen-bond acceptors (Lipinski definition) is 2. The van der Waals surface area contributed by atoms with E-state index in [1.54, 1.807) is 19.1 Å². The Bertz CT molecular complexity index is 305. The summed E-state index contributed by atoms with van der Waals surface area (Å²) in [6.07, 6.45) is 17.1. The molecule has 0 bridgehead atoms. The topological polar surface area (TPSA) is 37.3 Å². The van der Waals surface area contributed by atoms with Crippen LogP contribution in [0.25, 0.3) is 0 Å². The zero-order valence-corrected chi connectivity index (χ0v) is 13.4.